The van der Waals surface area contributed by atoms with Crippen molar-refractivity contribution in [3.63, 3.8) is 0 Å². The van der Waals surface area contributed by atoms with Gasteiger partial charge >= 0.3 is 0 Å². The lowest BCUT2D eigenvalue weighted by Crippen LogP contribution is -2.07. The molecule has 0 aliphatic rings. The topological polar surface area (TPSA) is 73.7 Å². The zero-order valence-electron chi connectivity index (χ0n) is 20.6. The van der Waals surface area contributed by atoms with Crippen molar-refractivity contribution in [1.29, 1.82) is 0 Å². The molecule has 0 N–H and O–H groups in total. The van der Waals surface area contributed by atoms with Gasteiger partial charge in [0.25, 0.3) is 0 Å². The van der Waals surface area contributed by atoms with E-state index in [0.29, 0.717) is 17.9 Å². The van der Waals surface area contributed by atoms with Crippen LogP contribution in [0, 0.1) is 0 Å². The molecule has 1 unspecified atom stereocenters. The Morgan fingerprint density at radius 3 is 2.32 bits per heavy atom. The summed E-state index contributed by atoms with van der Waals surface area (Å²) in [6.07, 6.45) is 7.97. The first-order valence-electron chi connectivity index (χ1n) is 11.1. The van der Waals surface area contributed by atoms with Crippen LogP contribution in [0.4, 0.5) is 0 Å². The van der Waals surface area contributed by atoms with Crippen LogP contribution in [0.3, 0.4) is 0 Å². The van der Waals surface area contributed by atoms with Crippen LogP contribution in [0.1, 0.15) is 49.9 Å². The lowest BCUT2D eigenvalue weighted by Gasteiger charge is -2.19. The summed E-state index contributed by atoms with van der Waals surface area (Å²) in [6.45, 7) is 5.63. The van der Waals surface area contributed by atoms with E-state index in [1.807, 2.05) is 62.4 Å². The number of hydrogen-bond acceptors (Lipinski definition) is 6. The summed E-state index contributed by atoms with van der Waals surface area (Å²) in [5.41, 5.74) is 6.19. The molecule has 0 fully saturated rings. The van der Waals surface area contributed by atoms with E-state index in [9.17, 15) is 4.79 Å². The molecule has 0 aliphatic carbocycles. The van der Waals surface area contributed by atoms with Crippen molar-refractivity contribution < 1.29 is 14.3 Å². The molecule has 0 aliphatic heterocycles. The van der Waals surface area contributed by atoms with Crippen molar-refractivity contribution >= 4 is 28.6 Å². The summed E-state index contributed by atoms with van der Waals surface area (Å²) >= 11 is 0. The number of carbonyl (C=O) groups excluding carboxylic acids is 1. The predicted octanol–water partition coefficient (Wildman–Crippen LogP) is 5.81. The maximum Gasteiger partial charge on any atom is 0.130 e. The van der Waals surface area contributed by atoms with Crippen LogP contribution in [0.2, 0.25) is 0 Å². The third-order valence-corrected chi connectivity index (χ3v) is 5.64. The minimum absolute atomic E-state index is 0.0953. The van der Waals surface area contributed by atoms with Crippen molar-refractivity contribution in [1.82, 2.24) is 9.97 Å². The summed E-state index contributed by atoms with van der Waals surface area (Å²) in [7, 11) is 4.97. The maximum atomic E-state index is 12.2. The van der Waals surface area contributed by atoms with Crippen LogP contribution in [0.15, 0.2) is 65.3 Å². The molecule has 3 rings (SSSR count). The number of fused-ring (bicyclic) bond motifs is 1. The molecule has 0 saturated heterocycles. The van der Waals surface area contributed by atoms with E-state index in [-0.39, 0.29) is 11.7 Å². The number of methoxy groups -OCH3 is 2. The number of allylic oxidation sites excluding steroid dienone is 4. The average Bonchev–Trinajstić information content (AvgIpc) is 2.85. The fraction of sp³-hybridized carbons (Fsp3) is 0.286. The largest absolute Gasteiger partial charge is 0.497 e. The monoisotopic (exact) mass is 457 g/mol. The van der Waals surface area contributed by atoms with Crippen molar-refractivity contribution in [3.05, 3.63) is 77.1 Å². The van der Waals surface area contributed by atoms with Crippen molar-refractivity contribution in [2.45, 2.75) is 33.1 Å². The Bertz CT molecular complexity index is 1250. The van der Waals surface area contributed by atoms with Crippen LogP contribution in [-0.4, -0.2) is 43.2 Å². The first kappa shape index (κ1) is 24.8. The Hall–Kier alpha value is -3.80. The molecule has 0 radical (unpaired) electrons. The molecular formula is C28H31N3O3. The summed E-state index contributed by atoms with van der Waals surface area (Å²) in [5.74, 6) is 1.28. The van der Waals surface area contributed by atoms with Gasteiger partial charge in [0, 0.05) is 37.2 Å². The third kappa shape index (κ3) is 5.95. The van der Waals surface area contributed by atoms with Crippen LogP contribution in [0.25, 0.3) is 16.6 Å². The molecule has 3 aromatic rings. The van der Waals surface area contributed by atoms with Gasteiger partial charge in [-0.1, -0.05) is 17.7 Å². The number of rotatable bonds is 9. The molecule has 1 heterocycles. The van der Waals surface area contributed by atoms with Gasteiger partial charge in [0.2, 0.25) is 0 Å². The SMILES string of the molecule is CC=C(C)C=C(C=NC)c1cnc2ccc(C(CC(C)=O)c3cc(OC)cc(OC)c3)cc2n1. The van der Waals surface area contributed by atoms with Gasteiger partial charge in [-0.15, -0.1) is 0 Å². The second-order valence-corrected chi connectivity index (χ2v) is 8.13. The first-order chi connectivity index (χ1) is 16.4. The molecule has 0 amide bonds. The molecule has 34 heavy (non-hydrogen) atoms. The Balaban J connectivity index is 2.14. The van der Waals surface area contributed by atoms with Crippen molar-refractivity contribution in [3.8, 4) is 11.5 Å². The molecule has 1 atom stereocenters. The molecule has 2 aromatic carbocycles. The smallest absolute Gasteiger partial charge is 0.130 e. The number of nitrogens with zero attached hydrogens (tertiary/aromatic N) is 3. The van der Waals surface area contributed by atoms with Crippen molar-refractivity contribution in [2.24, 2.45) is 4.99 Å². The highest BCUT2D eigenvalue weighted by Gasteiger charge is 2.19. The normalized spacial score (nSPS) is 13.4. The minimum atomic E-state index is -0.172. The molecular weight excluding hydrogens is 426 g/mol. The van der Waals surface area contributed by atoms with E-state index >= 15 is 0 Å². The molecule has 0 saturated carbocycles. The summed E-state index contributed by atoms with van der Waals surface area (Å²) < 4.78 is 10.9. The third-order valence-electron chi connectivity index (χ3n) is 5.64. The first-order valence-corrected chi connectivity index (χ1v) is 11.1. The molecule has 176 valence electrons. The van der Waals surface area contributed by atoms with E-state index in [0.717, 1.165) is 39.0 Å². The van der Waals surface area contributed by atoms with Gasteiger partial charge in [-0.2, -0.15) is 0 Å². The number of hydrogen-bond donors (Lipinski definition) is 0. The van der Waals surface area contributed by atoms with Crippen molar-refractivity contribution in [2.75, 3.05) is 21.3 Å². The fourth-order valence-electron chi connectivity index (χ4n) is 3.78. The maximum absolute atomic E-state index is 12.2. The Labute approximate surface area is 201 Å². The second kappa shape index (κ2) is 11.4. The Morgan fingerprint density at radius 1 is 1.03 bits per heavy atom. The molecule has 6 nitrogen and oxygen atoms in total. The highest BCUT2D eigenvalue weighted by molar-refractivity contribution is 6.09. The highest BCUT2D eigenvalue weighted by Crippen LogP contribution is 2.35. The van der Waals surface area contributed by atoms with Gasteiger partial charge in [-0.25, -0.2) is 4.98 Å². The minimum Gasteiger partial charge on any atom is -0.497 e. The van der Waals surface area contributed by atoms with Gasteiger partial charge in [-0.05, 0) is 62.2 Å². The molecule has 0 spiro atoms. The Morgan fingerprint density at radius 2 is 1.74 bits per heavy atom. The average molecular weight is 458 g/mol. The second-order valence-electron chi connectivity index (χ2n) is 8.13. The number of aliphatic imine (C=N–C) groups is 1. The highest BCUT2D eigenvalue weighted by atomic mass is 16.5. The van der Waals surface area contributed by atoms with Crippen LogP contribution < -0.4 is 9.47 Å². The zero-order chi connectivity index (χ0) is 24.7. The van der Waals surface area contributed by atoms with E-state index < -0.39 is 0 Å². The lowest BCUT2D eigenvalue weighted by atomic mass is 9.86. The number of aromatic nitrogens is 2. The number of benzene rings is 2. The molecule has 0 bridgehead atoms. The van der Waals surface area contributed by atoms with E-state index in [2.05, 4.69) is 9.98 Å². The Kier molecular flexibility index (Phi) is 8.30. The number of carbonyl (C=O) groups is 1. The zero-order valence-corrected chi connectivity index (χ0v) is 20.6. The van der Waals surface area contributed by atoms with E-state index in [1.54, 1.807) is 40.6 Å². The summed E-state index contributed by atoms with van der Waals surface area (Å²) in [5, 5.41) is 0. The van der Waals surface area contributed by atoms with Gasteiger partial charge in [0.15, 0.2) is 0 Å². The molecule has 1 aromatic heterocycles. The number of ketones is 1. The lowest BCUT2D eigenvalue weighted by molar-refractivity contribution is -0.117. The predicted molar refractivity (Wildman–Crippen MR) is 138 cm³/mol. The number of Topliss-reactive ketones (excluding diaryl/α,β-unsaturated/α-hetero) is 1. The summed E-state index contributed by atoms with van der Waals surface area (Å²) in [4.78, 5) is 25.9. The van der Waals surface area contributed by atoms with Gasteiger partial charge < -0.3 is 9.47 Å². The van der Waals surface area contributed by atoms with Gasteiger partial charge in [0.1, 0.15) is 17.3 Å². The van der Waals surface area contributed by atoms with E-state index in [1.165, 1.54) is 0 Å². The van der Waals surface area contributed by atoms with Crippen LogP contribution in [-0.2, 0) is 4.79 Å². The molecule has 6 heteroatoms. The van der Waals surface area contributed by atoms with Crippen LogP contribution >= 0.6 is 0 Å². The van der Waals surface area contributed by atoms with Gasteiger partial charge in [-0.3, -0.25) is 14.8 Å². The quantitative estimate of drug-likeness (QED) is 0.299. The number of ether oxygens (including phenoxy) is 2. The van der Waals surface area contributed by atoms with Gasteiger partial charge in [0.05, 0.1) is 37.1 Å². The summed E-state index contributed by atoms with van der Waals surface area (Å²) in [6, 6.07) is 11.7. The standard InChI is InChI=1S/C28H31N3O3/c1-7-18(2)10-22(16-29-4)28-17-30-26-9-8-20(14-27(26)31-28)25(11-19(3)32)21-12-23(33-5)15-24(13-21)34-6/h7-10,12-17,25H,11H2,1-6H3. The van der Waals surface area contributed by atoms with E-state index in [4.69, 9.17) is 14.5 Å². The fourth-order valence-corrected chi connectivity index (χ4v) is 3.78. The van der Waals surface area contributed by atoms with Crippen LogP contribution in [0.5, 0.6) is 11.5 Å².